The maximum Gasteiger partial charge on any atom is 0.256 e. The molecule has 2 amide bonds. The third-order valence-electron chi connectivity index (χ3n) is 4.47. The molecule has 28 heavy (non-hydrogen) atoms. The van der Waals surface area contributed by atoms with Crippen molar-refractivity contribution in [1.29, 1.82) is 0 Å². The van der Waals surface area contributed by atoms with Gasteiger partial charge in [-0.05, 0) is 47.2 Å². The van der Waals surface area contributed by atoms with Gasteiger partial charge in [0, 0.05) is 22.5 Å². The highest BCUT2D eigenvalue weighted by atomic mass is 16.2. The van der Waals surface area contributed by atoms with Crippen molar-refractivity contribution >= 4 is 34.0 Å². The molecule has 4 aromatic carbocycles. The Labute approximate surface area is 162 Å². The van der Waals surface area contributed by atoms with Crippen LogP contribution in [0.4, 0.5) is 11.4 Å². The van der Waals surface area contributed by atoms with E-state index in [1.165, 1.54) is 0 Å². The topological polar surface area (TPSA) is 58.2 Å². The van der Waals surface area contributed by atoms with Crippen LogP contribution in [0, 0.1) is 0 Å². The zero-order valence-corrected chi connectivity index (χ0v) is 15.1. The number of benzene rings is 4. The van der Waals surface area contributed by atoms with Crippen molar-refractivity contribution in [3.63, 3.8) is 0 Å². The number of carbonyl (C=O) groups is 2. The number of hydrogen-bond acceptors (Lipinski definition) is 2. The molecule has 136 valence electrons. The van der Waals surface area contributed by atoms with E-state index in [4.69, 9.17) is 0 Å². The molecule has 0 aliphatic carbocycles. The summed E-state index contributed by atoms with van der Waals surface area (Å²) < 4.78 is 0. The van der Waals surface area contributed by atoms with Crippen LogP contribution in [0.15, 0.2) is 97.1 Å². The molecule has 4 rings (SSSR count). The van der Waals surface area contributed by atoms with Crippen LogP contribution >= 0.6 is 0 Å². The summed E-state index contributed by atoms with van der Waals surface area (Å²) in [6, 6.07) is 29.4. The Hall–Kier alpha value is -3.92. The molecule has 0 atom stereocenters. The van der Waals surface area contributed by atoms with Crippen LogP contribution in [0.5, 0.6) is 0 Å². The fraction of sp³-hybridized carbons (Fsp3) is 0. The molecular weight excluding hydrogens is 348 g/mol. The van der Waals surface area contributed by atoms with Crippen LogP contribution in [0.25, 0.3) is 10.8 Å². The Morgan fingerprint density at radius 3 is 1.25 bits per heavy atom. The minimum absolute atomic E-state index is 0.211. The first kappa shape index (κ1) is 17.5. The van der Waals surface area contributed by atoms with Gasteiger partial charge < -0.3 is 10.6 Å². The summed E-state index contributed by atoms with van der Waals surface area (Å²) >= 11 is 0. The first-order valence-corrected chi connectivity index (χ1v) is 8.97. The smallest absolute Gasteiger partial charge is 0.256 e. The number of rotatable bonds is 4. The Bertz CT molecular complexity index is 1050. The average molecular weight is 366 g/mol. The SMILES string of the molecule is O=C(Nc1ccccc1)c1cccc2c(C(=O)Nc3ccccc3)cccc12. The van der Waals surface area contributed by atoms with E-state index >= 15 is 0 Å². The lowest BCUT2D eigenvalue weighted by atomic mass is 9.99. The molecule has 0 fully saturated rings. The summed E-state index contributed by atoms with van der Waals surface area (Å²) in [6.45, 7) is 0. The number of para-hydroxylation sites is 2. The molecule has 4 aromatic rings. The highest BCUT2D eigenvalue weighted by Gasteiger charge is 2.15. The van der Waals surface area contributed by atoms with Crippen molar-refractivity contribution in [2.45, 2.75) is 0 Å². The third-order valence-corrected chi connectivity index (χ3v) is 4.47. The standard InChI is InChI=1S/C24H18N2O2/c27-23(25-17-9-3-1-4-10-17)21-15-7-14-20-19(21)13-8-16-22(20)24(28)26-18-11-5-2-6-12-18/h1-16H,(H,25,27)(H,26,28). The predicted molar refractivity (Wildman–Crippen MR) is 113 cm³/mol. The van der Waals surface area contributed by atoms with E-state index < -0.39 is 0 Å². The molecule has 0 aliphatic heterocycles. The number of anilines is 2. The van der Waals surface area contributed by atoms with Gasteiger partial charge in [0.1, 0.15) is 0 Å². The van der Waals surface area contributed by atoms with Crippen molar-refractivity contribution in [2.24, 2.45) is 0 Å². The van der Waals surface area contributed by atoms with Crippen LogP contribution in [-0.2, 0) is 0 Å². The van der Waals surface area contributed by atoms with Gasteiger partial charge in [-0.25, -0.2) is 0 Å². The van der Waals surface area contributed by atoms with Gasteiger partial charge in [-0.1, -0.05) is 60.7 Å². The highest BCUT2D eigenvalue weighted by Crippen LogP contribution is 2.24. The maximum atomic E-state index is 12.8. The van der Waals surface area contributed by atoms with Crippen LogP contribution in [0.2, 0.25) is 0 Å². The van der Waals surface area contributed by atoms with E-state index in [1.54, 1.807) is 24.3 Å². The van der Waals surface area contributed by atoms with E-state index in [1.807, 2.05) is 72.8 Å². The van der Waals surface area contributed by atoms with Crippen LogP contribution < -0.4 is 10.6 Å². The second kappa shape index (κ2) is 7.76. The summed E-state index contributed by atoms with van der Waals surface area (Å²) in [4.78, 5) is 25.6. The molecule has 2 N–H and O–H groups in total. The lowest BCUT2D eigenvalue weighted by Crippen LogP contribution is -2.14. The van der Waals surface area contributed by atoms with Crippen LogP contribution in [-0.4, -0.2) is 11.8 Å². The summed E-state index contributed by atoms with van der Waals surface area (Å²) in [6.07, 6.45) is 0. The van der Waals surface area contributed by atoms with Gasteiger partial charge in [0.25, 0.3) is 11.8 Å². The quantitative estimate of drug-likeness (QED) is 0.512. The number of hydrogen-bond donors (Lipinski definition) is 2. The van der Waals surface area contributed by atoms with Crippen LogP contribution in [0.1, 0.15) is 20.7 Å². The van der Waals surface area contributed by atoms with E-state index in [-0.39, 0.29) is 11.8 Å². The zero-order valence-electron chi connectivity index (χ0n) is 15.1. The fourth-order valence-electron chi connectivity index (χ4n) is 3.15. The van der Waals surface area contributed by atoms with E-state index in [0.717, 1.165) is 22.1 Å². The van der Waals surface area contributed by atoms with Crippen LogP contribution in [0.3, 0.4) is 0 Å². The first-order valence-electron chi connectivity index (χ1n) is 8.97. The van der Waals surface area contributed by atoms with Crippen molar-refractivity contribution < 1.29 is 9.59 Å². The van der Waals surface area contributed by atoms with Crippen molar-refractivity contribution in [3.8, 4) is 0 Å². The highest BCUT2D eigenvalue weighted by molar-refractivity contribution is 6.18. The molecule has 0 heterocycles. The van der Waals surface area contributed by atoms with Crippen molar-refractivity contribution in [1.82, 2.24) is 0 Å². The second-order valence-electron chi connectivity index (χ2n) is 6.35. The monoisotopic (exact) mass is 366 g/mol. The van der Waals surface area contributed by atoms with Crippen molar-refractivity contribution in [3.05, 3.63) is 108 Å². The maximum absolute atomic E-state index is 12.8. The van der Waals surface area contributed by atoms with Crippen molar-refractivity contribution in [2.75, 3.05) is 10.6 Å². The average Bonchev–Trinajstić information content (AvgIpc) is 2.74. The Kier molecular flexibility index (Phi) is 4.85. The molecule has 0 aliphatic rings. The summed E-state index contributed by atoms with van der Waals surface area (Å²) in [5.41, 5.74) is 2.50. The predicted octanol–water partition coefficient (Wildman–Crippen LogP) is 5.34. The Morgan fingerprint density at radius 1 is 0.464 bits per heavy atom. The van der Waals surface area contributed by atoms with E-state index in [0.29, 0.717) is 11.1 Å². The Morgan fingerprint density at radius 2 is 0.857 bits per heavy atom. The molecule has 0 unspecified atom stereocenters. The van der Waals surface area contributed by atoms with E-state index in [9.17, 15) is 9.59 Å². The molecule has 0 bridgehead atoms. The third kappa shape index (κ3) is 3.62. The molecule has 0 saturated carbocycles. The van der Waals surface area contributed by atoms with Gasteiger partial charge >= 0.3 is 0 Å². The molecule has 0 radical (unpaired) electrons. The molecule has 0 spiro atoms. The molecule has 0 aromatic heterocycles. The number of carbonyl (C=O) groups excluding carboxylic acids is 2. The fourth-order valence-corrected chi connectivity index (χ4v) is 3.15. The number of amides is 2. The minimum atomic E-state index is -0.211. The number of nitrogens with one attached hydrogen (secondary N) is 2. The zero-order chi connectivity index (χ0) is 19.3. The van der Waals surface area contributed by atoms with Gasteiger partial charge in [-0.15, -0.1) is 0 Å². The molecule has 4 heteroatoms. The normalized spacial score (nSPS) is 10.4. The van der Waals surface area contributed by atoms with E-state index in [2.05, 4.69) is 10.6 Å². The van der Waals surface area contributed by atoms with Gasteiger partial charge in [-0.2, -0.15) is 0 Å². The van der Waals surface area contributed by atoms with Gasteiger partial charge in [0.05, 0.1) is 0 Å². The summed E-state index contributed by atoms with van der Waals surface area (Å²) in [5, 5.41) is 7.26. The van der Waals surface area contributed by atoms with Gasteiger partial charge in [-0.3, -0.25) is 9.59 Å². The lowest BCUT2D eigenvalue weighted by Gasteiger charge is -2.11. The van der Waals surface area contributed by atoms with Gasteiger partial charge in [0.2, 0.25) is 0 Å². The summed E-state index contributed by atoms with van der Waals surface area (Å²) in [7, 11) is 0. The Balaban J connectivity index is 1.68. The molecule has 0 saturated heterocycles. The largest absolute Gasteiger partial charge is 0.322 e. The second-order valence-corrected chi connectivity index (χ2v) is 6.35. The molecular formula is C24H18N2O2. The minimum Gasteiger partial charge on any atom is -0.322 e. The first-order chi connectivity index (χ1) is 13.7. The lowest BCUT2D eigenvalue weighted by molar-refractivity contribution is 0.101. The summed E-state index contributed by atoms with van der Waals surface area (Å²) in [5.74, 6) is -0.421. The molecule has 4 nitrogen and oxygen atoms in total. The number of fused-ring (bicyclic) bond motifs is 1. The van der Waals surface area contributed by atoms with Gasteiger partial charge in [0.15, 0.2) is 0 Å².